The van der Waals surface area contributed by atoms with Crippen molar-refractivity contribution >= 4 is 11.6 Å². The van der Waals surface area contributed by atoms with Crippen LogP contribution in [0.3, 0.4) is 0 Å². The lowest BCUT2D eigenvalue weighted by atomic mass is 10.3. The molecule has 1 aliphatic carbocycles. The zero-order valence-electron chi connectivity index (χ0n) is 11.8. The van der Waals surface area contributed by atoms with Gasteiger partial charge in [-0.1, -0.05) is 0 Å². The number of nitrogen functional groups attached to an aromatic ring is 1. The maximum atomic E-state index is 5.60. The quantitative estimate of drug-likeness (QED) is 0.642. The average Bonchev–Trinajstić information content (AvgIpc) is 3.22. The summed E-state index contributed by atoms with van der Waals surface area (Å²) in [5.74, 6) is 10.2. The van der Waals surface area contributed by atoms with Crippen LogP contribution in [0.2, 0.25) is 0 Å². The largest absolute Gasteiger partial charge is 0.464 e. The molecule has 106 valence electrons. The van der Waals surface area contributed by atoms with E-state index < -0.39 is 0 Å². The second-order valence-corrected chi connectivity index (χ2v) is 5.26. The number of nitrogens with one attached hydrogen (secondary N) is 1. The molecule has 20 heavy (non-hydrogen) atoms. The molecule has 2 aromatic heterocycles. The van der Waals surface area contributed by atoms with Crippen LogP contribution in [-0.2, 0) is 6.54 Å². The van der Waals surface area contributed by atoms with Gasteiger partial charge in [-0.2, -0.15) is 0 Å². The molecule has 2 aromatic rings. The minimum Gasteiger partial charge on any atom is -0.464 e. The van der Waals surface area contributed by atoms with Crippen LogP contribution < -0.4 is 16.2 Å². The molecule has 1 aliphatic rings. The van der Waals surface area contributed by atoms with E-state index in [-0.39, 0.29) is 0 Å². The molecule has 0 spiro atoms. The molecule has 6 heteroatoms. The summed E-state index contributed by atoms with van der Waals surface area (Å²) >= 11 is 0. The summed E-state index contributed by atoms with van der Waals surface area (Å²) in [6, 6.07) is 5.80. The Bertz CT molecular complexity index is 605. The molecule has 0 aromatic carbocycles. The second kappa shape index (κ2) is 5.13. The van der Waals surface area contributed by atoms with Gasteiger partial charge in [-0.05, 0) is 31.9 Å². The van der Waals surface area contributed by atoms with Crippen molar-refractivity contribution in [2.24, 2.45) is 5.84 Å². The van der Waals surface area contributed by atoms with E-state index in [4.69, 9.17) is 10.3 Å². The number of hydrogen-bond donors (Lipinski definition) is 2. The third-order valence-corrected chi connectivity index (χ3v) is 3.40. The fourth-order valence-electron chi connectivity index (χ4n) is 2.13. The summed E-state index contributed by atoms with van der Waals surface area (Å²) in [6.45, 7) is 2.61. The summed E-state index contributed by atoms with van der Waals surface area (Å²) in [4.78, 5) is 11.1. The van der Waals surface area contributed by atoms with Gasteiger partial charge in [0.05, 0.1) is 6.54 Å². The minimum atomic E-state index is 0.487. The van der Waals surface area contributed by atoms with E-state index in [2.05, 4.69) is 15.4 Å². The second-order valence-electron chi connectivity index (χ2n) is 5.26. The molecule has 0 atom stereocenters. The Balaban J connectivity index is 1.82. The molecule has 0 aliphatic heterocycles. The van der Waals surface area contributed by atoms with Crippen molar-refractivity contribution in [3.63, 3.8) is 0 Å². The monoisotopic (exact) mass is 273 g/mol. The number of nitrogens with two attached hydrogens (primary N) is 1. The van der Waals surface area contributed by atoms with Gasteiger partial charge in [0.2, 0.25) is 0 Å². The van der Waals surface area contributed by atoms with Crippen LogP contribution in [0.5, 0.6) is 0 Å². The molecule has 1 saturated carbocycles. The topological polar surface area (TPSA) is 80.2 Å². The van der Waals surface area contributed by atoms with Crippen LogP contribution >= 0.6 is 0 Å². The molecular weight excluding hydrogens is 254 g/mol. The minimum absolute atomic E-state index is 0.487. The summed E-state index contributed by atoms with van der Waals surface area (Å²) in [5, 5.41) is 0. The highest BCUT2D eigenvalue weighted by Crippen LogP contribution is 2.39. The van der Waals surface area contributed by atoms with Gasteiger partial charge in [-0.15, -0.1) is 0 Å². The third kappa shape index (κ3) is 2.75. The average molecular weight is 273 g/mol. The van der Waals surface area contributed by atoms with Crippen molar-refractivity contribution in [2.45, 2.75) is 32.2 Å². The predicted molar refractivity (Wildman–Crippen MR) is 77.4 cm³/mol. The van der Waals surface area contributed by atoms with Gasteiger partial charge in [0.1, 0.15) is 29.0 Å². The van der Waals surface area contributed by atoms with Crippen LogP contribution in [0.25, 0.3) is 0 Å². The van der Waals surface area contributed by atoms with Crippen molar-refractivity contribution in [3.05, 3.63) is 35.5 Å². The molecule has 0 saturated heterocycles. The Kier molecular flexibility index (Phi) is 3.31. The van der Waals surface area contributed by atoms with Crippen LogP contribution in [0, 0.1) is 6.92 Å². The molecule has 0 radical (unpaired) electrons. The highest BCUT2D eigenvalue weighted by Gasteiger charge is 2.27. The molecule has 3 rings (SSSR count). The summed E-state index contributed by atoms with van der Waals surface area (Å²) in [7, 11) is 1.98. The number of hydrogen-bond acceptors (Lipinski definition) is 6. The smallest absolute Gasteiger partial charge is 0.145 e. The summed E-state index contributed by atoms with van der Waals surface area (Å²) in [6.07, 6.45) is 2.32. The Morgan fingerprint density at radius 2 is 2.20 bits per heavy atom. The lowest BCUT2D eigenvalue weighted by Crippen LogP contribution is -2.19. The van der Waals surface area contributed by atoms with Gasteiger partial charge in [-0.25, -0.2) is 15.8 Å². The number of nitrogens with zero attached hydrogens (tertiary/aromatic N) is 3. The van der Waals surface area contributed by atoms with Crippen molar-refractivity contribution in [1.82, 2.24) is 9.97 Å². The van der Waals surface area contributed by atoms with Gasteiger partial charge in [-0.3, -0.25) is 0 Å². The number of rotatable bonds is 5. The normalized spacial score (nSPS) is 14.3. The van der Waals surface area contributed by atoms with E-state index in [0.29, 0.717) is 18.3 Å². The lowest BCUT2D eigenvalue weighted by molar-refractivity contribution is 0.481. The highest BCUT2D eigenvalue weighted by molar-refractivity contribution is 5.49. The number of hydrazine groups is 1. The summed E-state index contributed by atoms with van der Waals surface area (Å²) < 4.78 is 5.60. The first-order valence-corrected chi connectivity index (χ1v) is 6.78. The molecule has 0 bridgehead atoms. The molecule has 3 N–H and O–H groups in total. The van der Waals surface area contributed by atoms with Crippen LogP contribution in [0.15, 0.2) is 22.6 Å². The fourth-order valence-corrected chi connectivity index (χ4v) is 2.13. The summed E-state index contributed by atoms with van der Waals surface area (Å²) in [5.41, 5.74) is 2.61. The molecule has 0 amide bonds. The molecule has 2 heterocycles. The Morgan fingerprint density at radius 3 is 2.80 bits per heavy atom. The van der Waals surface area contributed by atoms with Crippen LogP contribution in [-0.4, -0.2) is 17.0 Å². The van der Waals surface area contributed by atoms with Gasteiger partial charge in [0, 0.05) is 19.0 Å². The fraction of sp³-hybridized carbons (Fsp3) is 0.429. The maximum absolute atomic E-state index is 5.60. The Hall–Kier alpha value is -2.08. The van der Waals surface area contributed by atoms with Gasteiger partial charge in [0.25, 0.3) is 0 Å². The van der Waals surface area contributed by atoms with Crippen molar-refractivity contribution < 1.29 is 4.42 Å². The highest BCUT2D eigenvalue weighted by atomic mass is 16.3. The van der Waals surface area contributed by atoms with Crippen molar-refractivity contribution in [2.75, 3.05) is 17.4 Å². The SMILES string of the molecule is Cc1ccc(CN(C)c2cc(NN)nc(C3CC3)n2)o1. The van der Waals surface area contributed by atoms with Gasteiger partial charge >= 0.3 is 0 Å². The first-order chi connectivity index (χ1) is 9.65. The van der Waals surface area contributed by atoms with E-state index in [0.717, 1.165) is 36.0 Å². The zero-order valence-corrected chi connectivity index (χ0v) is 11.8. The van der Waals surface area contributed by atoms with Crippen molar-refractivity contribution in [3.8, 4) is 0 Å². The van der Waals surface area contributed by atoms with Gasteiger partial charge in [0.15, 0.2) is 0 Å². The molecule has 0 unspecified atom stereocenters. The standard InChI is InChI=1S/C14H19N5O/c1-9-3-6-11(20-9)8-19(2)13-7-12(18-15)16-14(17-13)10-4-5-10/h3,6-7,10H,4-5,8,15H2,1-2H3,(H,16,17,18). The van der Waals surface area contributed by atoms with Crippen LogP contribution in [0.1, 0.15) is 36.1 Å². The van der Waals surface area contributed by atoms with Gasteiger partial charge < -0.3 is 14.7 Å². The Labute approximate surface area is 118 Å². The van der Waals surface area contributed by atoms with Crippen molar-refractivity contribution in [1.29, 1.82) is 0 Å². The molecule has 1 fully saturated rings. The first kappa shape index (κ1) is 12.9. The molecule has 6 nitrogen and oxygen atoms in total. The maximum Gasteiger partial charge on any atom is 0.145 e. The lowest BCUT2D eigenvalue weighted by Gasteiger charge is -2.18. The van der Waals surface area contributed by atoms with Crippen LogP contribution in [0.4, 0.5) is 11.6 Å². The zero-order chi connectivity index (χ0) is 14.1. The number of anilines is 2. The first-order valence-electron chi connectivity index (χ1n) is 6.78. The van der Waals surface area contributed by atoms with E-state index >= 15 is 0 Å². The van der Waals surface area contributed by atoms with E-state index in [1.165, 1.54) is 0 Å². The third-order valence-electron chi connectivity index (χ3n) is 3.40. The van der Waals surface area contributed by atoms with E-state index in [1.807, 2.05) is 37.1 Å². The number of aromatic nitrogens is 2. The number of furan rings is 1. The van der Waals surface area contributed by atoms with E-state index in [1.54, 1.807) is 0 Å². The number of aryl methyl sites for hydroxylation is 1. The van der Waals surface area contributed by atoms with E-state index in [9.17, 15) is 0 Å². The molecular formula is C14H19N5O. The Morgan fingerprint density at radius 1 is 1.40 bits per heavy atom. The predicted octanol–water partition coefficient (Wildman–Crippen LogP) is 2.18.